The molecule has 1 aromatic rings. The van der Waals surface area contributed by atoms with Crippen molar-refractivity contribution in [3.8, 4) is 0 Å². The third-order valence-electron chi connectivity index (χ3n) is 5.67. The normalized spacial score (nSPS) is 33.1. The average Bonchev–Trinajstić information content (AvgIpc) is 2.85. The van der Waals surface area contributed by atoms with Gasteiger partial charge in [0.2, 0.25) is 0 Å². The lowest BCUT2D eigenvalue weighted by molar-refractivity contribution is -0.385. The molecule has 2 aliphatic carbocycles. The van der Waals surface area contributed by atoms with Gasteiger partial charge in [-0.2, -0.15) is 0 Å². The molecule has 21 heavy (non-hydrogen) atoms. The third-order valence-corrected chi connectivity index (χ3v) is 5.67. The number of anilines is 1. The van der Waals surface area contributed by atoms with E-state index in [1.807, 2.05) is 0 Å². The van der Waals surface area contributed by atoms with Gasteiger partial charge in [0.25, 0.3) is 5.69 Å². The lowest BCUT2D eigenvalue weighted by Gasteiger charge is -2.43. The molecule has 0 spiro atoms. The molecule has 2 saturated carbocycles. The Morgan fingerprint density at radius 1 is 1.33 bits per heavy atom. The van der Waals surface area contributed by atoms with Gasteiger partial charge in [-0.15, -0.1) is 0 Å². The number of fused-ring (bicyclic) bond motifs is 2. The number of nitrogens with one attached hydrogen (secondary N) is 1. The Bertz CT molecular complexity index is 597. The van der Waals surface area contributed by atoms with Gasteiger partial charge in [-0.05, 0) is 42.1 Å². The predicted octanol–water partition coefficient (Wildman–Crippen LogP) is 4.36. The molecule has 2 aliphatic rings. The van der Waals surface area contributed by atoms with Crippen LogP contribution in [0.25, 0.3) is 0 Å². The van der Waals surface area contributed by atoms with Gasteiger partial charge >= 0.3 is 0 Å². The van der Waals surface area contributed by atoms with Crippen molar-refractivity contribution in [3.05, 3.63) is 34.1 Å². The first-order valence-electron chi connectivity index (χ1n) is 7.44. The van der Waals surface area contributed by atoms with E-state index in [1.165, 1.54) is 25.0 Å². The van der Waals surface area contributed by atoms with Gasteiger partial charge in [-0.1, -0.05) is 20.8 Å². The number of nitro benzene ring substituents is 1. The molecule has 1 aromatic carbocycles. The van der Waals surface area contributed by atoms with E-state index in [2.05, 4.69) is 26.1 Å². The summed E-state index contributed by atoms with van der Waals surface area (Å²) < 4.78 is 13.6. The van der Waals surface area contributed by atoms with E-state index >= 15 is 0 Å². The molecule has 114 valence electrons. The summed E-state index contributed by atoms with van der Waals surface area (Å²) in [6.07, 6.45) is 3.58. The molecular formula is C16H21FN2O2. The van der Waals surface area contributed by atoms with Crippen LogP contribution in [-0.4, -0.2) is 11.0 Å². The number of halogens is 1. The highest BCUT2D eigenvalue weighted by Crippen LogP contribution is 2.63. The van der Waals surface area contributed by atoms with E-state index in [0.29, 0.717) is 11.6 Å². The van der Waals surface area contributed by atoms with Crippen LogP contribution in [0.3, 0.4) is 0 Å². The Labute approximate surface area is 123 Å². The molecule has 0 amide bonds. The average molecular weight is 292 g/mol. The molecule has 1 N–H and O–H groups in total. The highest BCUT2D eigenvalue weighted by atomic mass is 19.1. The van der Waals surface area contributed by atoms with Crippen molar-refractivity contribution >= 4 is 11.4 Å². The van der Waals surface area contributed by atoms with Gasteiger partial charge in [-0.25, -0.2) is 4.39 Å². The van der Waals surface area contributed by atoms with Gasteiger partial charge in [0.15, 0.2) is 0 Å². The summed E-state index contributed by atoms with van der Waals surface area (Å²) in [5.74, 6) is 0.0985. The van der Waals surface area contributed by atoms with E-state index in [-0.39, 0.29) is 22.6 Å². The van der Waals surface area contributed by atoms with Crippen molar-refractivity contribution in [1.82, 2.24) is 0 Å². The number of benzene rings is 1. The van der Waals surface area contributed by atoms with Crippen LogP contribution in [0.1, 0.15) is 40.0 Å². The molecule has 2 bridgehead atoms. The first kappa shape index (κ1) is 14.3. The van der Waals surface area contributed by atoms with Gasteiger partial charge in [0, 0.05) is 17.8 Å². The summed E-state index contributed by atoms with van der Waals surface area (Å²) >= 11 is 0. The van der Waals surface area contributed by atoms with E-state index in [0.717, 1.165) is 12.5 Å². The van der Waals surface area contributed by atoms with Crippen LogP contribution in [-0.2, 0) is 0 Å². The first-order valence-corrected chi connectivity index (χ1v) is 7.44. The molecule has 0 aliphatic heterocycles. The van der Waals surface area contributed by atoms with Crippen molar-refractivity contribution in [3.63, 3.8) is 0 Å². The minimum Gasteiger partial charge on any atom is -0.381 e. The van der Waals surface area contributed by atoms with Gasteiger partial charge in [0.1, 0.15) is 5.82 Å². The van der Waals surface area contributed by atoms with E-state index in [4.69, 9.17) is 0 Å². The molecule has 3 atom stereocenters. The highest BCUT2D eigenvalue weighted by molar-refractivity contribution is 5.53. The van der Waals surface area contributed by atoms with Crippen LogP contribution >= 0.6 is 0 Å². The molecule has 0 radical (unpaired) electrons. The fourth-order valence-corrected chi connectivity index (χ4v) is 4.59. The van der Waals surface area contributed by atoms with E-state index in [1.54, 1.807) is 0 Å². The zero-order valence-corrected chi connectivity index (χ0v) is 12.6. The van der Waals surface area contributed by atoms with Crippen LogP contribution in [0.4, 0.5) is 15.8 Å². The van der Waals surface area contributed by atoms with Crippen LogP contribution < -0.4 is 5.32 Å². The second kappa shape index (κ2) is 4.42. The Hall–Kier alpha value is -1.65. The second-order valence-corrected chi connectivity index (χ2v) is 7.45. The standard InChI is InChI=1S/C16H21FN2O2/c1-15(2)10-4-5-16(3,9-10)14(15)18-12-6-11(17)7-13(8-12)19(20)21/h6-8,10,14,18H,4-5,9H2,1-3H3. The monoisotopic (exact) mass is 292 g/mol. The van der Waals surface area contributed by atoms with E-state index in [9.17, 15) is 14.5 Å². The maximum atomic E-state index is 13.6. The van der Waals surface area contributed by atoms with Gasteiger partial charge < -0.3 is 5.32 Å². The molecule has 2 fully saturated rings. The van der Waals surface area contributed by atoms with Crippen LogP contribution in [0.15, 0.2) is 18.2 Å². The Kier molecular flexibility index (Phi) is 3.01. The summed E-state index contributed by atoms with van der Waals surface area (Å²) in [6.45, 7) is 6.76. The summed E-state index contributed by atoms with van der Waals surface area (Å²) in [5, 5.41) is 14.3. The number of non-ortho nitro benzene ring substituents is 1. The molecular weight excluding hydrogens is 271 g/mol. The molecule has 5 heteroatoms. The second-order valence-electron chi connectivity index (χ2n) is 7.45. The number of rotatable bonds is 3. The SMILES string of the molecule is CC12CCC(C1)C(C)(C)C2Nc1cc(F)cc([N+](=O)[O-])c1. The summed E-state index contributed by atoms with van der Waals surface area (Å²) in [6, 6.07) is 3.94. The zero-order valence-electron chi connectivity index (χ0n) is 12.6. The number of hydrogen-bond donors (Lipinski definition) is 1. The molecule has 4 nitrogen and oxygen atoms in total. The topological polar surface area (TPSA) is 55.2 Å². The van der Waals surface area contributed by atoms with Gasteiger partial charge in [-0.3, -0.25) is 10.1 Å². The Balaban J connectivity index is 1.92. The van der Waals surface area contributed by atoms with Crippen LogP contribution in [0.2, 0.25) is 0 Å². The lowest BCUT2D eigenvalue weighted by atomic mass is 9.68. The molecule has 3 rings (SSSR count). The van der Waals surface area contributed by atoms with Crippen LogP contribution in [0, 0.1) is 32.7 Å². The fourth-order valence-electron chi connectivity index (χ4n) is 4.59. The summed E-state index contributed by atoms with van der Waals surface area (Å²) in [4.78, 5) is 10.3. The third kappa shape index (κ3) is 2.19. The van der Waals surface area contributed by atoms with Crippen molar-refractivity contribution in [1.29, 1.82) is 0 Å². The largest absolute Gasteiger partial charge is 0.381 e. The van der Waals surface area contributed by atoms with E-state index < -0.39 is 10.7 Å². The molecule has 3 unspecified atom stereocenters. The zero-order chi connectivity index (χ0) is 15.4. The minimum atomic E-state index is -0.571. The van der Waals surface area contributed by atoms with Crippen molar-refractivity contribution in [2.24, 2.45) is 16.7 Å². The lowest BCUT2D eigenvalue weighted by Crippen LogP contribution is -2.45. The highest BCUT2D eigenvalue weighted by Gasteiger charge is 2.59. The van der Waals surface area contributed by atoms with Crippen LogP contribution in [0.5, 0.6) is 0 Å². The Morgan fingerprint density at radius 2 is 2.05 bits per heavy atom. The molecule has 0 aromatic heterocycles. The van der Waals surface area contributed by atoms with Crippen molar-refractivity contribution in [2.45, 2.75) is 46.1 Å². The first-order chi connectivity index (χ1) is 9.72. The molecule has 0 heterocycles. The quantitative estimate of drug-likeness (QED) is 0.665. The maximum absolute atomic E-state index is 13.6. The van der Waals surface area contributed by atoms with Crippen molar-refractivity contribution < 1.29 is 9.31 Å². The molecule has 0 saturated heterocycles. The number of hydrogen-bond acceptors (Lipinski definition) is 3. The minimum absolute atomic E-state index is 0.119. The maximum Gasteiger partial charge on any atom is 0.274 e. The summed E-state index contributed by atoms with van der Waals surface area (Å²) in [5.41, 5.74) is 0.612. The Morgan fingerprint density at radius 3 is 2.62 bits per heavy atom. The van der Waals surface area contributed by atoms with Crippen molar-refractivity contribution in [2.75, 3.05) is 5.32 Å². The smallest absolute Gasteiger partial charge is 0.274 e. The van der Waals surface area contributed by atoms with Gasteiger partial charge in [0.05, 0.1) is 11.0 Å². The number of nitro groups is 1. The number of nitrogens with zero attached hydrogens (tertiary/aromatic N) is 1. The summed E-state index contributed by atoms with van der Waals surface area (Å²) in [7, 11) is 0. The predicted molar refractivity (Wildman–Crippen MR) is 79.7 cm³/mol. The fraction of sp³-hybridized carbons (Fsp3) is 0.625.